The molecule has 33 heavy (non-hydrogen) atoms. The number of esters is 1. The summed E-state index contributed by atoms with van der Waals surface area (Å²) >= 11 is 0. The molecule has 0 radical (unpaired) electrons. The van der Waals surface area contributed by atoms with Gasteiger partial charge in [-0.25, -0.2) is 8.42 Å². The number of rotatable bonds is 7. The van der Waals surface area contributed by atoms with Crippen LogP contribution in [0.3, 0.4) is 0 Å². The van der Waals surface area contributed by atoms with Gasteiger partial charge in [-0.05, 0) is 57.0 Å². The number of ether oxygens (including phenoxy) is 2. The minimum Gasteiger partial charge on any atom is -0.494 e. The number of hydrogen-bond donors (Lipinski definition) is 0. The first kappa shape index (κ1) is 23.0. The quantitative estimate of drug-likeness (QED) is 0.479. The average Bonchev–Trinajstić information content (AvgIpc) is 2.84. The van der Waals surface area contributed by atoms with Gasteiger partial charge in [0.25, 0.3) is 0 Å². The Morgan fingerprint density at radius 2 is 1.79 bits per heavy atom. The van der Waals surface area contributed by atoms with Crippen molar-refractivity contribution in [3.8, 4) is 5.75 Å². The number of aromatic nitrogens is 1. The lowest BCUT2D eigenvalue weighted by atomic mass is 9.96. The molecule has 0 N–H and O–H groups in total. The predicted octanol–water partition coefficient (Wildman–Crippen LogP) is 4.25. The van der Waals surface area contributed by atoms with Gasteiger partial charge in [-0.15, -0.1) is 0 Å². The minimum atomic E-state index is -3.81. The van der Waals surface area contributed by atoms with Crippen molar-refractivity contribution in [1.82, 2.24) is 4.98 Å². The third-order valence-corrected chi connectivity index (χ3v) is 7.63. The van der Waals surface area contributed by atoms with Gasteiger partial charge in [-0.2, -0.15) is 0 Å². The molecule has 0 unspecified atom stereocenters. The molecule has 7 nitrogen and oxygen atoms in total. The van der Waals surface area contributed by atoms with Gasteiger partial charge in [-0.1, -0.05) is 18.2 Å². The van der Waals surface area contributed by atoms with Crippen LogP contribution in [-0.4, -0.2) is 45.7 Å². The second-order valence-electron chi connectivity index (χ2n) is 7.91. The molecule has 1 saturated heterocycles. The van der Waals surface area contributed by atoms with E-state index >= 15 is 0 Å². The van der Waals surface area contributed by atoms with Crippen molar-refractivity contribution in [2.75, 3.05) is 31.2 Å². The molecule has 0 amide bonds. The Morgan fingerprint density at radius 3 is 2.45 bits per heavy atom. The summed E-state index contributed by atoms with van der Waals surface area (Å²) in [5.74, 6) is 0.290. The molecule has 0 atom stereocenters. The van der Waals surface area contributed by atoms with Crippen molar-refractivity contribution >= 4 is 32.4 Å². The Kier molecular flexibility index (Phi) is 6.83. The van der Waals surface area contributed by atoms with Crippen LogP contribution < -0.4 is 9.64 Å². The smallest absolute Gasteiger partial charge is 0.309 e. The molecule has 1 aliphatic rings. The van der Waals surface area contributed by atoms with Crippen LogP contribution in [0.4, 0.5) is 5.69 Å². The molecule has 0 saturated carbocycles. The summed E-state index contributed by atoms with van der Waals surface area (Å²) < 4.78 is 38.2. The Balaban J connectivity index is 1.82. The fourth-order valence-electron chi connectivity index (χ4n) is 4.24. The topological polar surface area (TPSA) is 85.8 Å². The van der Waals surface area contributed by atoms with E-state index in [9.17, 15) is 13.2 Å². The van der Waals surface area contributed by atoms with Gasteiger partial charge in [0.05, 0.1) is 35.2 Å². The molecule has 0 bridgehead atoms. The van der Waals surface area contributed by atoms with Crippen molar-refractivity contribution < 1.29 is 22.7 Å². The van der Waals surface area contributed by atoms with Gasteiger partial charge < -0.3 is 14.4 Å². The maximum atomic E-state index is 13.6. The van der Waals surface area contributed by atoms with Crippen molar-refractivity contribution in [2.24, 2.45) is 5.92 Å². The molecule has 4 rings (SSSR count). The Labute approximate surface area is 194 Å². The predicted molar refractivity (Wildman–Crippen MR) is 126 cm³/mol. The van der Waals surface area contributed by atoms with Gasteiger partial charge in [0.1, 0.15) is 10.6 Å². The number of fused-ring (bicyclic) bond motifs is 1. The van der Waals surface area contributed by atoms with Crippen molar-refractivity contribution in [2.45, 2.75) is 36.5 Å². The molecule has 1 aliphatic heterocycles. The second-order valence-corrected chi connectivity index (χ2v) is 9.83. The summed E-state index contributed by atoms with van der Waals surface area (Å²) in [5, 5.41) is 0.715. The zero-order chi connectivity index (χ0) is 23.4. The summed E-state index contributed by atoms with van der Waals surface area (Å²) in [5.41, 5.74) is 1.29. The van der Waals surface area contributed by atoms with Crippen molar-refractivity contribution in [1.29, 1.82) is 0 Å². The summed E-state index contributed by atoms with van der Waals surface area (Å²) in [6.07, 6.45) is 2.63. The number of piperidine rings is 1. The van der Waals surface area contributed by atoms with Crippen LogP contribution in [0.15, 0.2) is 64.5 Å². The van der Waals surface area contributed by atoms with E-state index in [0.29, 0.717) is 61.5 Å². The standard InChI is InChI=1S/C25H28N2O5S/c1-3-31-19-10-11-22-21(16-19)24(27-14-12-18(13-15-27)25(28)32-4-2)23(17-26-22)33(29,30)20-8-6-5-7-9-20/h5-11,16-18H,3-4,12-15H2,1-2H3. The Bertz CT molecular complexity index is 1240. The van der Waals surface area contributed by atoms with Crippen LogP contribution in [-0.2, 0) is 19.4 Å². The Morgan fingerprint density at radius 1 is 1.06 bits per heavy atom. The van der Waals surface area contributed by atoms with E-state index in [1.807, 2.05) is 30.0 Å². The largest absolute Gasteiger partial charge is 0.494 e. The molecule has 0 aliphatic carbocycles. The summed E-state index contributed by atoms with van der Waals surface area (Å²) in [4.78, 5) is 19.1. The lowest BCUT2D eigenvalue weighted by Crippen LogP contribution is -2.37. The van der Waals surface area contributed by atoms with Gasteiger partial charge in [0.15, 0.2) is 0 Å². The highest BCUT2D eigenvalue weighted by Gasteiger charge is 2.31. The van der Waals surface area contributed by atoms with Crippen LogP contribution >= 0.6 is 0 Å². The van der Waals surface area contributed by atoms with Crippen LogP contribution in [0.25, 0.3) is 10.9 Å². The molecule has 174 valence electrons. The Hall–Kier alpha value is -3.13. The lowest BCUT2D eigenvalue weighted by Gasteiger charge is -2.34. The number of carbonyl (C=O) groups excluding carboxylic acids is 1. The monoisotopic (exact) mass is 468 g/mol. The number of hydrogen-bond acceptors (Lipinski definition) is 7. The minimum absolute atomic E-state index is 0.157. The first-order valence-corrected chi connectivity index (χ1v) is 12.7. The molecule has 8 heteroatoms. The lowest BCUT2D eigenvalue weighted by molar-refractivity contribution is -0.148. The average molecular weight is 469 g/mol. The first-order chi connectivity index (χ1) is 16.0. The molecule has 2 heterocycles. The molecular formula is C25H28N2O5S. The normalized spacial score (nSPS) is 14.9. The van der Waals surface area contributed by atoms with Gasteiger partial charge in [-0.3, -0.25) is 9.78 Å². The number of pyridine rings is 1. The third kappa shape index (κ3) is 4.66. The summed E-state index contributed by atoms with van der Waals surface area (Å²) in [6.45, 7) is 5.64. The molecule has 1 aromatic heterocycles. The molecule has 3 aromatic rings. The first-order valence-electron chi connectivity index (χ1n) is 11.2. The highest BCUT2D eigenvalue weighted by molar-refractivity contribution is 7.91. The van der Waals surface area contributed by atoms with Crippen LogP contribution in [0.2, 0.25) is 0 Å². The second kappa shape index (κ2) is 9.79. The number of nitrogens with zero attached hydrogens (tertiary/aromatic N) is 2. The number of benzene rings is 2. The highest BCUT2D eigenvalue weighted by Crippen LogP contribution is 2.39. The third-order valence-electron chi connectivity index (χ3n) is 5.86. The van der Waals surface area contributed by atoms with E-state index in [-0.39, 0.29) is 21.7 Å². The van der Waals surface area contributed by atoms with E-state index in [2.05, 4.69) is 4.98 Å². The van der Waals surface area contributed by atoms with E-state index in [1.54, 1.807) is 37.3 Å². The fraction of sp³-hybridized carbons (Fsp3) is 0.360. The van der Waals surface area contributed by atoms with Gasteiger partial charge in [0, 0.05) is 24.7 Å². The van der Waals surface area contributed by atoms with E-state index < -0.39 is 9.84 Å². The van der Waals surface area contributed by atoms with Gasteiger partial charge in [0.2, 0.25) is 9.84 Å². The maximum absolute atomic E-state index is 13.6. The fourth-order valence-corrected chi connectivity index (χ4v) is 5.70. The SMILES string of the molecule is CCOC(=O)C1CCN(c2c(S(=O)(=O)c3ccccc3)cnc3ccc(OCC)cc23)CC1. The zero-order valence-electron chi connectivity index (χ0n) is 18.9. The summed E-state index contributed by atoms with van der Waals surface area (Å²) in [7, 11) is -3.81. The van der Waals surface area contributed by atoms with Crippen molar-refractivity contribution in [3.63, 3.8) is 0 Å². The number of anilines is 1. The van der Waals surface area contributed by atoms with Crippen LogP contribution in [0.5, 0.6) is 5.75 Å². The number of sulfone groups is 1. The molecule has 0 spiro atoms. The van der Waals surface area contributed by atoms with Crippen LogP contribution in [0.1, 0.15) is 26.7 Å². The van der Waals surface area contributed by atoms with Crippen molar-refractivity contribution in [3.05, 3.63) is 54.7 Å². The summed E-state index contributed by atoms with van der Waals surface area (Å²) in [6, 6.07) is 13.9. The zero-order valence-corrected chi connectivity index (χ0v) is 19.7. The molecule has 2 aromatic carbocycles. The number of carbonyl (C=O) groups is 1. The van der Waals surface area contributed by atoms with E-state index in [4.69, 9.17) is 9.47 Å². The molecular weight excluding hydrogens is 440 g/mol. The van der Waals surface area contributed by atoms with E-state index in [0.717, 1.165) is 0 Å². The van der Waals surface area contributed by atoms with Gasteiger partial charge >= 0.3 is 5.97 Å². The van der Waals surface area contributed by atoms with Crippen LogP contribution in [0, 0.1) is 5.92 Å². The highest BCUT2D eigenvalue weighted by atomic mass is 32.2. The van der Waals surface area contributed by atoms with E-state index in [1.165, 1.54) is 6.20 Å². The maximum Gasteiger partial charge on any atom is 0.309 e. The molecule has 1 fully saturated rings.